The Balaban J connectivity index is 2.40. The average molecular weight is 325 g/mol. The van der Waals surface area contributed by atoms with Crippen molar-refractivity contribution in [1.29, 1.82) is 0 Å². The smallest absolute Gasteiger partial charge is 0.255 e. The lowest BCUT2D eigenvalue weighted by molar-refractivity contribution is 0.0964. The molecule has 24 heavy (non-hydrogen) atoms. The molecule has 0 aliphatic carbocycles. The first-order chi connectivity index (χ1) is 11.4. The van der Waals surface area contributed by atoms with Crippen LogP contribution in [0, 0.1) is 12.7 Å². The molecule has 124 valence electrons. The monoisotopic (exact) mass is 325 g/mol. The Morgan fingerprint density at radius 1 is 1.12 bits per heavy atom. The van der Waals surface area contributed by atoms with Crippen LogP contribution in [0.5, 0.6) is 0 Å². The first-order valence-corrected chi connectivity index (χ1v) is 7.98. The van der Waals surface area contributed by atoms with E-state index in [1.807, 2.05) is 19.1 Å². The molecule has 1 heterocycles. The summed E-state index contributed by atoms with van der Waals surface area (Å²) in [7, 11) is 1.60. The van der Waals surface area contributed by atoms with Crippen LogP contribution in [0.25, 0.3) is 22.3 Å². The SMILES string of the molecule is CNC(=O)c1c(-c2ccc(F)cc2)oc2ccc(C)c(C(C)C)c12. The third-order valence-electron chi connectivity index (χ3n) is 4.25. The van der Waals surface area contributed by atoms with E-state index in [0.717, 1.165) is 16.5 Å². The molecular weight excluding hydrogens is 305 g/mol. The Morgan fingerprint density at radius 2 is 1.79 bits per heavy atom. The van der Waals surface area contributed by atoms with E-state index in [4.69, 9.17) is 4.42 Å². The average Bonchev–Trinajstić information content (AvgIpc) is 2.93. The van der Waals surface area contributed by atoms with Gasteiger partial charge in [-0.15, -0.1) is 0 Å². The predicted molar refractivity (Wildman–Crippen MR) is 93.8 cm³/mol. The molecule has 0 atom stereocenters. The van der Waals surface area contributed by atoms with Crippen molar-refractivity contribution in [2.24, 2.45) is 0 Å². The van der Waals surface area contributed by atoms with E-state index in [1.165, 1.54) is 12.1 Å². The second-order valence-corrected chi connectivity index (χ2v) is 6.22. The minimum Gasteiger partial charge on any atom is -0.455 e. The lowest BCUT2D eigenvalue weighted by atomic mass is 9.91. The van der Waals surface area contributed by atoms with Gasteiger partial charge in [-0.3, -0.25) is 4.79 Å². The highest BCUT2D eigenvalue weighted by atomic mass is 19.1. The van der Waals surface area contributed by atoms with Gasteiger partial charge in [0, 0.05) is 18.0 Å². The lowest BCUT2D eigenvalue weighted by Crippen LogP contribution is -2.18. The molecule has 3 nitrogen and oxygen atoms in total. The molecule has 0 spiro atoms. The minimum atomic E-state index is -0.324. The third kappa shape index (κ3) is 2.58. The largest absolute Gasteiger partial charge is 0.455 e. The number of amides is 1. The van der Waals surface area contributed by atoms with Crippen molar-refractivity contribution in [2.75, 3.05) is 7.05 Å². The summed E-state index contributed by atoms with van der Waals surface area (Å²) in [6, 6.07) is 9.87. The zero-order valence-corrected chi connectivity index (χ0v) is 14.2. The highest BCUT2D eigenvalue weighted by Crippen LogP contribution is 2.39. The molecular formula is C20H20FNO2. The molecule has 0 radical (unpaired) electrons. The fourth-order valence-corrected chi connectivity index (χ4v) is 3.21. The topological polar surface area (TPSA) is 42.2 Å². The van der Waals surface area contributed by atoms with Gasteiger partial charge in [0.1, 0.15) is 17.2 Å². The maximum atomic E-state index is 13.2. The van der Waals surface area contributed by atoms with Crippen LogP contribution in [0.15, 0.2) is 40.8 Å². The zero-order chi connectivity index (χ0) is 17.4. The van der Waals surface area contributed by atoms with E-state index in [2.05, 4.69) is 19.2 Å². The summed E-state index contributed by atoms with van der Waals surface area (Å²) in [5.74, 6) is 0.184. The van der Waals surface area contributed by atoms with E-state index in [9.17, 15) is 9.18 Å². The zero-order valence-electron chi connectivity index (χ0n) is 14.2. The Hall–Kier alpha value is -2.62. The molecule has 3 rings (SSSR count). The molecule has 3 aromatic rings. The van der Waals surface area contributed by atoms with Gasteiger partial charge in [0.25, 0.3) is 5.91 Å². The molecule has 0 saturated heterocycles. The third-order valence-corrected chi connectivity index (χ3v) is 4.25. The van der Waals surface area contributed by atoms with Crippen LogP contribution in [0.4, 0.5) is 4.39 Å². The molecule has 1 aromatic heterocycles. The van der Waals surface area contributed by atoms with E-state index in [1.54, 1.807) is 19.2 Å². The molecule has 0 saturated carbocycles. The number of carbonyl (C=O) groups is 1. The Kier molecular flexibility index (Phi) is 4.14. The van der Waals surface area contributed by atoms with Crippen LogP contribution < -0.4 is 5.32 Å². The van der Waals surface area contributed by atoms with Gasteiger partial charge >= 0.3 is 0 Å². The van der Waals surface area contributed by atoms with Gasteiger partial charge in [0.2, 0.25) is 0 Å². The number of aryl methyl sites for hydroxylation is 1. The van der Waals surface area contributed by atoms with Gasteiger partial charge in [0.15, 0.2) is 0 Å². The van der Waals surface area contributed by atoms with Crippen molar-refractivity contribution in [2.45, 2.75) is 26.7 Å². The number of hydrogen-bond donors (Lipinski definition) is 1. The molecule has 4 heteroatoms. The quantitative estimate of drug-likeness (QED) is 0.734. The van der Waals surface area contributed by atoms with Gasteiger partial charge in [-0.1, -0.05) is 19.9 Å². The van der Waals surface area contributed by atoms with Crippen molar-refractivity contribution < 1.29 is 13.6 Å². The van der Waals surface area contributed by atoms with Crippen LogP contribution in [0.1, 0.15) is 41.3 Å². The van der Waals surface area contributed by atoms with E-state index < -0.39 is 0 Å². The summed E-state index contributed by atoms with van der Waals surface area (Å²) in [5, 5.41) is 3.53. The maximum Gasteiger partial charge on any atom is 0.255 e. The number of furan rings is 1. The lowest BCUT2D eigenvalue weighted by Gasteiger charge is -2.12. The summed E-state index contributed by atoms with van der Waals surface area (Å²) < 4.78 is 19.3. The van der Waals surface area contributed by atoms with E-state index in [-0.39, 0.29) is 17.6 Å². The summed E-state index contributed by atoms with van der Waals surface area (Å²) in [6.07, 6.45) is 0. The fourth-order valence-electron chi connectivity index (χ4n) is 3.21. The fraction of sp³-hybridized carbons (Fsp3) is 0.250. The van der Waals surface area contributed by atoms with Crippen molar-refractivity contribution in [3.8, 4) is 11.3 Å². The number of halogens is 1. The highest BCUT2D eigenvalue weighted by Gasteiger charge is 2.25. The predicted octanol–water partition coefficient (Wildman–Crippen LogP) is 5.03. The summed E-state index contributed by atoms with van der Waals surface area (Å²) in [5.41, 5.74) is 4.07. The number of carbonyl (C=O) groups excluding carboxylic acids is 1. The van der Waals surface area contributed by atoms with Gasteiger partial charge in [-0.25, -0.2) is 4.39 Å². The van der Waals surface area contributed by atoms with Gasteiger partial charge < -0.3 is 9.73 Å². The summed E-state index contributed by atoms with van der Waals surface area (Å²) in [6.45, 7) is 6.23. The van der Waals surface area contributed by atoms with E-state index >= 15 is 0 Å². The number of fused-ring (bicyclic) bond motifs is 1. The minimum absolute atomic E-state index is 0.208. The number of benzene rings is 2. The molecule has 0 aliphatic rings. The van der Waals surface area contributed by atoms with Gasteiger partial charge in [-0.2, -0.15) is 0 Å². The van der Waals surface area contributed by atoms with Crippen LogP contribution in [-0.2, 0) is 0 Å². The normalized spacial score (nSPS) is 11.2. The summed E-state index contributed by atoms with van der Waals surface area (Å²) in [4.78, 5) is 12.6. The molecule has 0 aliphatic heterocycles. The standard InChI is InChI=1S/C20H20FNO2/c1-11(2)16-12(3)5-10-15-17(16)18(20(23)22-4)19(24-15)13-6-8-14(21)9-7-13/h5-11H,1-4H3,(H,22,23). The first-order valence-electron chi connectivity index (χ1n) is 7.98. The van der Waals surface area contributed by atoms with Crippen molar-refractivity contribution >= 4 is 16.9 Å². The van der Waals surface area contributed by atoms with Gasteiger partial charge in [0.05, 0.1) is 5.56 Å². The second-order valence-electron chi connectivity index (χ2n) is 6.22. The number of hydrogen-bond acceptors (Lipinski definition) is 2. The van der Waals surface area contributed by atoms with Crippen LogP contribution in [0.2, 0.25) is 0 Å². The molecule has 0 fully saturated rings. The molecule has 0 unspecified atom stereocenters. The van der Waals surface area contributed by atoms with Crippen LogP contribution in [0.3, 0.4) is 0 Å². The van der Waals surface area contributed by atoms with E-state index in [0.29, 0.717) is 22.5 Å². The molecule has 1 amide bonds. The first kappa shape index (κ1) is 16.2. The maximum absolute atomic E-state index is 13.2. The molecule has 2 aromatic carbocycles. The Labute approximate surface area is 140 Å². The molecule has 1 N–H and O–H groups in total. The summed E-state index contributed by atoms with van der Waals surface area (Å²) >= 11 is 0. The van der Waals surface area contributed by atoms with Crippen molar-refractivity contribution in [3.05, 3.63) is 58.9 Å². The van der Waals surface area contributed by atoms with Crippen molar-refractivity contribution in [3.63, 3.8) is 0 Å². The number of nitrogens with one attached hydrogen (secondary N) is 1. The van der Waals surface area contributed by atoms with Crippen LogP contribution in [-0.4, -0.2) is 13.0 Å². The Morgan fingerprint density at radius 3 is 2.38 bits per heavy atom. The van der Waals surface area contributed by atoms with Crippen molar-refractivity contribution in [1.82, 2.24) is 5.32 Å². The second kappa shape index (κ2) is 6.11. The number of rotatable bonds is 3. The van der Waals surface area contributed by atoms with Gasteiger partial charge in [-0.05, 0) is 54.3 Å². The Bertz CT molecular complexity index is 908. The molecule has 0 bridgehead atoms. The highest BCUT2D eigenvalue weighted by molar-refractivity contribution is 6.12. The van der Waals surface area contributed by atoms with Crippen LogP contribution >= 0.6 is 0 Å².